The second-order valence-electron chi connectivity index (χ2n) is 5.97. The Morgan fingerprint density at radius 1 is 1.04 bits per heavy atom. The fraction of sp³-hybridized carbons (Fsp3) is 0.150. The van der Waals surface area contributed by atoms with E-state index in [1.807, 2.05) is 24.4 Å². The summed E-state index contributed by atoms with van der Waals surface area (Å²) >= 11 is 1.79. The highest BCUT2D eigenvalue weighted by Gasteiger charge is 2.23. The van der Waals surface area contributed by atoms with Crippen molar-refractivity contribution in [1.82, 2.24) is 9.97 Å². The molecule has 0 aliphatic rings. The molecule has 0 amide bonds. The van der Waals surface area contributed by atoms with E-state index in [9.17, 15) is 0 Å². The lowest BCUT2D eigenvalue weighted by atomic mass is 9.99. The van der Waals surface area contributed by atoms with E-state index in [1.54, 1.807) is 11.3 Å². The molecule has 0 saturated carbocycles. The summed E-state index contributed by atoms with van der Waals surface area (Å²) in [4.78, 5) is 9.31. The maximum Gasteiger partial charge on any atom is 0.126 e. The topological polar surface area (TPSA) is 40.7 Å². The van der Waals surface area contributed by atoms with Crippen LogP contribution in [0.15, 0.2) is 60.1 Å². The van der Waals surface area contributed by atoms with Gasteiger partial charge in [-0.15, -0.1) is 11.3 Å². The molecule has 3 aromatic heterocycles. The van der Waals surface area contributed by atoms with Crippen molar-refractivity contribution in [2.45, 2.75) is 19.9 Å². The molecule has 0 fully saturated rings. The molecule has 1 atom stereocenters. The summed E-state index contributed by atoms with van der Waals surface area (Å²) in [7, 11) is 0. The first-order valence-corrected chi connectivity index (χ1v) is 8.91. The lowest BCUT2D eigenvalue weighted by Gasteiger charge is -2.20. The molecule has 1 unspecified atom stereocenters. The average molecular weight is 333 g/mol. The van der Waals surface area contributed by atoms with Gasteiger partial charge in [-0.05, 0) is 49.1 Å². The zero-order valence-corrected chi connectivity index (χ0v) is 14.5. The highest BCUT2D eigenvalue weighted by molar-refractivity contribution is 7.10. The smallest absolute Gasteiger partial charge is 0.126 e. The number of para-hydroxylation sites is 1. The summed E-state index contributed by atoms with van der Waals surface area (Å²) in [6.07, 6.45) is 1.82. The number of nitrogens with zero attached hydrogens (tertiary/aromatic N) is 1. The summed E-state index contributed by atoms with van der Waals surface area (Å²) in [6, 6.07) is 16.7. The van der Waals surface area contributed by atoms with Gasteiger partial charge in [0.1, 0.15) is 5.82 Å². The van der Waals surface area contributed by atoms with Crippen LogP contribution in [0.5, 0.6) is 0 Å². The first kappa shape index (κ1) is 15.0. The molecule has 0 aliphatic carbocycles. The number of fused-ring (bicyclic) bond motifs is 1. The Labute approximate surface area is 145 Å². The van der Waals surface area contributed by atoms with Crippen LogP contribution in [0.3, 0.4) is 0 Å². The van der Waals surface area contributed by atoms with Crippen molar-refractivity contribution in [1.29, 1.82) is 0 Å². The normalized spacial score (nSPS) is 12.4. The van der Waals surface area contributed by atoms with Gasteiger partial charge in [0.2, 0.25) is 0 Å². The SMILES string of the molecule is Cc1ccsc1C(Nc1ccccn1)c1c(C)[nH]c2ccccc12. The fourth-order valence-electron chi connectivity index (χ4n) is 3.22. The van der Waals surface area contributed by atoms with Crippen LogP contribution in [0.25, 0.3) is 10.9 Å². The van der Waals surface area contributed by atoms with Gasteiger partial charge in [-0.2, -0.15) is 0 Å². The van der Waals surface area contributed by atoms with Crippen LogP contribution in [-0.4, -0.2) is 9.97 Å². The highest BCUT2D eigenvalue weighted by atomic mass is 32.1. The van der Waals surface area contributed by atoms with E-state index in [1.165, 1.54) is 32.6 Å². The molecule has 4 heteroatoms. The average Bonchev–Trinajstić information content (AvgIpc) is 3.16. The molecule has 2 N–H and O–H groups in total. The second-order valence-corrected chi connectivity index (χ2v) is 6.92. The van der Waals surface area contributed by atoms with Gasteiger partial charge in [-0.25, -0.2) is 4.98 Å². The number of pyridine rings is 1. The number of hydrogen-bond acceptors (Lipinski definition) is 3. The first-order chi connectivity index (χ1) is 11.7. The molecule has 3 heterocycles. The quantitative estimate of drug-likeness (QED) is 0.522. The largest absolute Gasteiger partial charge is 0.358 e. The van der Waals surface area contributed by atoms with Crippen LogP contribution < -0.4 is 5.32 Å². The van der Waals surface area contributed by atoms with E-state index >= 15 is 0 Å². The number of nitrogens with one attached hydrogen (secondary N) is 2. The molecule has 24 heavy (non-hydrogen) atoms. The minimum atomic E-state index is 0.0797. The minimum absolute atomic E-state index is 0.0797. The van der Waals surface area contributed by atoms with Crippen LogP contribution in [0.2, 0.25) is 0 Å². The van der Waals surface area contributed by atoms with Crippen LogP contribution in [0.4, 0.5) is 5.82 Å². The molecule has 120 valence electrons. The van der Waals surface area contributed by atoms with Crippen molar-refractivity contribution in [2.24, 2.45) is 0 Å². The maximum atomic E-state index is 4.46. The Kier molecular flexibility index (Phi) is 3.82. The molecule has 0 spiro atoms. The van der Waals surface area contributed by atoms with Gasteiger partial charge in [0, 0.05) is 33.2 Å². The van der Waals surface area contributed by atoms with Gasteiger partial charge >= 0.3 is 0 Å². The third kappa shape index (κ3) is 2.59. The van der Waals surface area contributed by atoms with E-state index in [0.717, 1.165) is 5.82 Å². The summed E-state index contributed by atoms with van der Waals surface area (Å²) in [5, 5.41) is 7.05. The maximum absolute atomic E-state index is 4.46. The zero-order valence-electron chi connectivity index (χ0n) is 13.7. The van der Waals surface area contributed by atoms with Crippen molar-refractivity contribution in [3.8, 4) is 0 Å². The number of benzene rings is 1. The zero-order chi connectivity index (χ0) is 16.5. The molecule has 0 radical (unpaired) electrons. The fourth-order valence-corrected chi connectivity index (χ4v) is 4.20. The molecule has 0 saturated heterocycles. The number of thiophene rings is 1. The first-order valence-electron chi connectivity index (χ1n) is 8.03. The Bertz CT molecular complexity index is 969. The molecule has 4 aromatic rings. The molecular weight excluding hydrogens is 314 g/mol. The Morgan fingerprint density at radius 3 is 2.62 bits per heavy atom. The van der Waals surface area contributed by atoms with Crippen LogP contribution in [0, 0.1) is 13.8 Å². The van der Waals surface area contributed by atoms with Crippen molar-refractivity contribution < 1.29 is 0 Å². The van der Waals surface area contributed by atoms with Crippen LogP contribution >= 0.6 is 11.3 Å². The molecule has 0 bridgehead atoms. The highest BCUT2D eigenvalue weighted by Crippen LogP contribution is 2.37. The number of aromatic amines is 1. The Hall–Kier alpha value is -2.59. The molecular formula is C20H19N3S. The van der Waals surface area contributed by atoms with E-state index in [-0.39, 0.29) is 6.04 Å². The van der Waals surface area contributed by atoms with Crippen molar-refractivity contribution in [2.75, 3.05) is 5.32 Å². The van der Waals surface area contributed by atoms with Gasteiger partial charge < -0.3 is 10.3 Å². The second kappa shape index (κ2) is 6.13. The van der Waals surface area contributed by atoms with Gasteiger partial charge in [0.15, 0.2) is 0 Å². The number of aromatic nitrogens is 2. The van der Waals surface area contributed by atoms with Gasteiger partial charge in [-0.3, -0.25) is 0 Å². The number of hydrogen-bond donors (Lipinski definition) is 2. The molecule has 4 rings (SSSR count). The van der Waals surface area contributed by atoms with Crippen molar-refractivity contribution in [3.05, 3.63) is 81.8 Å². The standard InChI is InChI=1S/C20H19N3S/c1-13-10-12-24-20(13)19(23-17-9-5-6-11-21-17)18-14(2)22-16-8-4-3-7-15(16)18/h3-12,19,22H,1-2H3,(H,21,23). The predicted octanol–water partition coefficient (Wildman–Crippen LogP) is 5.44. The third-order valence-electron chi connectivity index (χ3n) is 4.35. The number of H-pyrrole nitrogens is 1. The van der Waals surface area contributed by atoms with Gasteiger partial charge in [0.05, 0.1) is 6.04 Å². The van der Waals surface area contributed by atoms with Gasteiger partial charge in [0.25, 0.3) is 0 Å². The summed E-state index contributed by atoms with van der Waals surface area (Å²) in [6.45, 7) is 4.31. The lowest BCUT2D eigenvalue weighted by Crippen LogP contribution is -2.13. The third-order valence-corrected chi connectivity index (χ3v) is 5.44. The summed E-state index contributed by atoms with van der Waals surface area (Å²) < 4.78 is 0. The monoisotopic (exact) mass is 333 g/mol. The minimum Gasteiger partial charge on any atom is -0.358 e. The van der Waals surface area contributed by atoms with E-state index in [2.05, 4.69) is 64.8 Å². The Morgan fingerprint density at radius 2 is 1.88 bits per heavy atom. The summed E-state index contributed by atoms with van der Waals surface area (Å²) in [5.41, 5.74) is 4.96. The van der Waals surface area contributed by atoms with Crippen LogP contribution in [-0.2, 0) is 0 Å². The van der Waals surface area contributed by atoms with Crippen molar-refractivity contribution >= 4 is 28.1 Å². The molecule has 0 aliphatic heterocycles. The molecule has 3 nitrogen and oxygen atoms in total. The predicted molar refractivity (Wildman–Crippen MR) is 102 cm³/mol. The van der Waals surface area contributed by atoms with Crippen molar-refractivity contribution in [3.63, 3.8) is 0 Å². The lowest BCUT2D eigenvalue weighted by molar-refractivity contribution is 0.935. The number of aryl methyl sites for hydroxylation is 2. The van der Waals surface area contributed by atoms with E-state index in [4.69, 9.17) is 0 Å². The summed E-state index contributed by atoms with van der Waals surface area (Å²) in [5.74, 6) is 0.889. The molecule has 1 aromatic carbocycles. The van der Waals surface area contributed by atoms with E-state index in [0.29, 0.717) is 0 Å². The Balaban J connectivity index is 1.89. The van der Waals surface area contributed by atoms with Crippen LogP contribution in [0.1, 0.15) is 27.7 Å². The number of anilines is 1. The van der Waals surface area contributed by atoms with E-state index < -0.39 is 0 Å². The number of rotatable bonds is 4. The van der Waals surface area contributed by atoms with Gasteiger partial charge in [-0.1, -0.05) is 24.3 Å².